The minimum absolute atomic E-state index is 0.102. The second-order valence-corrected chi connectivity index (χ2v) is 7.49. The number of carbonyl (C=O) groups is 1. The Morgan fingerprint density at radius 2 is 1.90 bits per heavy atom. The fraction of sp³-hybridized carbons (Fsp3) is 0.250. The van der Waals surface area contributed by atoms with Crippen molar-refractivity contribution < 1.29 is 18.7 Å². The summed E-state index contributed by atoms with van der Waals surface area (Å²) in [5.74, 6) is 1.80. The lowest BCUT2D eigenvalue weighted by molar-refractivity contribution is -0.118. The summed E-state index contributed by atoms with van der Waals surface area (Å²) in [6, 6.07) is 13.4. The number of benzene rings is 2. The van der Waals surface area contributed by atoms with E-state index in [0.717, 1.165) is 16.8 Å². The molecule has 9 heteroatoms. The average Bonchev–Trinajstić information content (AvgIpc) is 3.39. The maximum absolute atomic E-state index is 12.1. The zero-order valence-electron chi connectivity index (χ0n) is 16.0. The number of anilines is 1. The van der Waals surface area contributed by atoms with Crippen LogP contribution in [0.15, 0.2) is 52.1 Å². The quantitative estimate of drug-likeness (QED) is 0.593. The Morgan fingerprint density at radius 3 is 2.69 bits per heavy atom. The number of amides is 1. The molecule has 1 N–H and O–H groups in total. The van der Waals surface area contributed by atoms with Crippen molar-refractivity contribution >= 4 is 23.4 Å². The predicted octanol–water partition coefficient (Wildman–Crippen LogP) is 2.94. The molecular formula is C20H20N4O4S. The zero-order chi connectivity index (χ0) is 20.2. The molecule has 4 rings (SSSR count). The van der Waals surface area contributed by atoms with E-state index in [4.69, 9.17) is 13.9 Å². The normalized spacial score (nSPS) is 12.1. The Morgan fingerprint density at radius 1 is 1.10 bits per heavy atom. The van der Waals surface area contributed by atoms with Gasteiger partial charge in [-0.2, -0.15) is 0 Å². The van der Waals surface area contributed by atoms with Crippen LogP contribution in [0, 0.1) is 0 Å². The second kappa shape index (κ2) is 8.44. The molecule has 0 fully saturated rings. The summed E-state index contributed by atoms with van der Waals surface area (Å²) in [7, 11) is 3.98. The first kappa shape index (κ1) is 19.1. The number of nitrogens with one attached hydrogen (secondary N) is 1. The number of thioether (sulfide) groups is 1. The van der Waals surface area contributed by atoms with E-state index in [9.17, 15) is 4.79 Å². The molecule has 1 aliphatic rings. The maximum Gasteiger partial charge on any atom is 0.277 e. The van der Waals surface area contributed by atoms with Gasteiger partial charge in [-0.15, -0.1) is 10.2 Å². The van der Waals surface area contributed by atoms with E-state index in [2.05, 4.69) is 15.5 Å². The molecule has 0 unspecified atom stereocenters. The second-order valence-electron chi connectivity index (χ2n) is 6.57. The largest absolute Gasteiger partial charge is 0.454 e. The molecule has 0 atom stereocenters. The van der Waals surface area contributed by atoms with Gasteiger partial charge >= 0.3 is 0 Å². The predicted molar refractivity (Wildman–Crippen MR) is 109 cm³/mol. The number of carbonyl (C=O) groups excluding carboxylic acids is 1. The van der Waals surface area contributed by atoms with Gasteiger partial charge in [0.05, 0.1) is 5.75 Å². The van der Waals surface area contributed by atoms with Crippen LogP contribution >= 0.6 is 11.8 Å². The van der Waals surface area contributed by atoms with Crippen LogP contribution in [0.2, 0.25) is 0 Å². The highest BCUT2D eigenvalue weighted by Crippen LogP contribution is 2.35. The fourth-order valence-electron chi connectivity index (χ4n) is 2.71. The van der Waals surface area contributed by atoms with Gasteiger partial charge in [0.15, 0.2) is 11.5 Å². The molecule has 0 saturated carbocycles. The van der Waals surface area contributed by atoms with Gasteiger partial charge in [0.2, 0.25) is 18.6 Å². The highest BCUT2D eigenvalue weighted by atomic mass is 32.2. The molecule has 0 aliphatic carbocycles. The van der Waals surface area contributed by atoms with E-state index in [1.54, 1.807) is 12.1 Å². The van der Waals surface area contributed by atoms with Gasteiger partial charge in [-0.25, -0.2) is 0 Å². The van der Waals surface area contributed by atoms with Crippen LogP contribution < -0.4 is 19.7 Å². The lowest BCUT2D eigenvalue weighted by Gasteiger charge is -2.12. The summed E-state index contributed by atoms with van der Waals surface area (Å²) < 4.78 is 16.3. The van der Waals surface area contributed by atoms with Crippen molar-refractivity contribution in [1.82, 2.24) is 15.5 Å². The van der Waals surface area contributed by atoms with Crippen molar-refractivity contribution in [2.75, 3.05) is 31.5 Å². The Balaban J connectivity index is 1.27. The van der Waals surface area contributed by atoms with E-state index >= 15 is 0 Å². The molecule has 2 aromatic carbocycles. The Kier molecular flexibility index (Phi) is 5.57. The van der Waals surface area contributed by atoms with E-state index in [0.29, 0.717) is 29.2 Å². The van der Waals surface area contributed by atoms with Crippen LogP contribution in [0.3, 0.4) is 0 Å². The monoisotopic (exact) mass is 412 g/mol. The van der Waals surface area contributed by atoms with Crippen molar-refractivity contribution in [2.45, 2.75) is 11.8 Å². The van der Waals surface area contributed by atoms with Gasteiger partial charge < -0.3 is 24.1 Å². The Hall–Kier alpha value is -3.20. The number of nitrogens with zero attached hydrogens (tertiary/aromatic N) is 3. The first-order valence-corrected chi connectivity index (χ1v) is 9.96. The molecule has 8 nitrogen and oxygen atoms in total. The third-order valence-corrected chi connectivity index (χ3v) is 5.11. The standard InChI is InChI=1S/C20H20N4O4S/c1-24(2)15-6-3-13(4-7-15)10-21-18(25)11-29-20-23-22-19(28-20)14-5-8-16-17(9-14)27-12-26-16/h3-9H,10-12H2,1-2H3,(H,21,25). The molecule has 0 bridgehead atoms. The van der Waals surface area contributed by atoms with Crippen LogP contribution in [0.25, 0.3) is 11.5 Å². The number of rotatable bonds is 7. The van der Waals surface area contributed by atoms with Gasteiger partial charge in [0, 0.05) is 31.9 Å². The van der Waals surface area contributed by atoms with Crippen molar-refractivity contribution in [3.63, 3.8) is 0 Å². The Labute approximate surface area is 172 Å². The molecule has 1 aliphatic heterocycles. The van der Waals surface area contributed by atoms with Gasteiger partial charge in [-0.05, 0) is 35.9 Å². The van der Waals surface area contributed by atoms with Crippen LogP contribution in [-0.4, -0.2) is 42.7 Å². The topological polar surface area (TPSA) is 89.7 Å². The van der Waals surface area contributed by atoms with E-state index < -0.39 is 0 Å². The lowest BCUT2D eigenvalue weighted by Crippen LogP contribution is -2.24. The molecule has 150 valence electrons. The number of hydrogen-bond donors (Lipinski definition) is 1. The summed E-state index contributed by atoms with van der Waals surface area (Å²) in [6.07, 6.45) is 0. The summed E-state index contributed by atoms with van der Waals surface area (Å²) in [5.41, 5.74) is 2.89. The SMILES string of the molecule is CN(C)c1ccc(CNC(=O)CSc2nnc(-c3ccc4c(c3)OCO4)o2)cc1. The third-order valence-electron chi connectivity index (χ3n) is 4.30. The minimum atomic E-state index is -0.102. The number of hydrogen-bond acceptors (Lipinski definition) is 8. The van der Waals surface area contributed by atoms with Gasteiger partial charge in [0.25, 0.3) is 5.22 Å². The van der Waals surface area contributed by atoms with Crippen molar-refractivity contribution in [1.29, 1.82) is 0 Å². The van der Waals surface area contributed by atoms with Crippen LogP contribution in [0.5, 0.6) is 11.5 Å². The Bertz CT molecular complexity index is 1000. The first-order valence-electron chi connectivity index (χ1n) is 8.98. The number of fused-ring (bicyclic) bond motifs is 1. The molecule has 2 heterocycles. The average molecular weight is 412 g/mol. The molecule has 29 heavy (non-hydrogen) atoms. The van der Waals surface area contributed by atoms with Crippen molar-refractivity contribution in [3.8, 4) is 23.0 Å². The maximum atomic E-state index is 12.1. The van der Waals surface area contributed by atoms with Crippen molar-refractivity contribution in [2.24, 2.45) is 0 Å². The van der Waals surface area contributed by atoms with E-state index in [1.807, 2.05) is 49.3 Å². The molecular weight excluding hydrogens is 392 g/mol. The van der Waals surface area contributed by atoms with Gasteiger partial charge in [-0.3, -0.25) is 4.79 Å². The van der Waals surface area contributed by atoms with Gasteiger partial charge in [-0.1, -0.05) is 23.9 Å². The minimum Gasteiger partial charge on any atom is -0.454 e. The smallest absolute Gasteiger partial charge is 0.277 e. The molecule has 1 amide bonds. The third kappa shape index (κ3) is 4.62. The molecule has 3 aromatic rings. The van der Waals surface area contributed by atoms with Crippen LogP contribution in [-0.2, 0) is 11.3 Å². The van der Waals surface area contributed by atoms with E-state index in [-0.39, 0.29) is 18.5 Å². The fourth-order valence-corrected chi connectivity index (χ4v) is 3.30. The first-order chi connectivity index (χ1) is 14.1. The number of ether oxygens (including phenoxy) is 2. The van der Waals surface area contributed by atoms with E-state index in [1.165, 1.54) is 11.8 Å². The molecule has 1 aromatic heterocycles. The highest BCUT2D eigenvalue weighted by Gasteiger charge is 2.17. The molecule has 0 radical (unpaired) electrons. The molecule has 0 spiro atoms. The summed E-state index contributed by atoms with van der Waals surface area (Å²) >= 11 is 1.20. The lowest BCUT2D eigenvalue weighted by atomic mass is 10.2. The van der Waals surface area contributed by atoms with Crippen molar-refractivity contribution in [3.05, 3.63) is 48.0 Å². The zero-order valence-corrected chi connectivity index (χ0v) is 16.9. The molecule has 0 saturated heterocycles. The van der Waals surface area contributed by atoms with Gasteiger partial charge in [0.1, 0.15) is 0 Å². The highest BCUT2D eigenvalue weighted by molar-refractivity contribution is 7.99. The summed E-state index contributed by atoms with van der Waals surface area (Å²) in [6.45, 7) is 0.679. The summed E-state index contributed by atoms with van der Waals surface area (Å²) in [5, 5.41) is 11.3. The van der Waals surface area contributed by atoms with Crippen LogP contribution in [0.4, 0.5) is 5.69 Å². The van der Waals surface area contributed by atoms with Crippen LogP contribution in [0.1, 0.15) is 5.56 Å². The number of aromatic nitrogens is 2. The summed E-state index contributed by atoms with van der Waals surface area (Å²) in [4.78, 5) is 14.1.